The summed E-state index contributed by atoms with van der Waals surface area (Å²) >= 11 is 0. The maximum Gasteiger partial charge on any atom is 0.506 e. The van der Waals surface area contributed by atoms with E-state index in [-0.39, 0.29) is 0 Å². The van der Waals surface area contributed by atoms with E-state index in [1.54, 1.807) is 0 Å². The monoisotopic (exact) mass is 352 g/mol. The van der Waals surface area contributed by atoms with Gasteiger partial charge in [0.15, 0.2) is 0 Å². The Kier molecular flexibility index (Phi) is 6.89. The number of ether oxygens (including phenoxy) is 4. The van der Waals surface area contributed by atoms with Crippen LogP contribution < -0.4 is 0 Å². The van der Waals surface area contributed by atoms with Crippen molar-refractivity contribution in [3.05, 3.63) is 0 Å². The summed E-state index contributed by atoms with van der Waals surface area (Å²) in [5, 5.41) is 32.6. The predicted octanol–water partition coefficient (Wildman–Crippen LogP) is 1.81. The molecular weight excluding hydrogens is 336 g/mol. The van der Waals surface area contributed by atoms with Crippen LogP contribution in [0.25, 0.3) is 0 Å². The molecule has 2 atom stereocenters. The molecule has 12 nitrogen and oxygen atoms in total. The van der Waals surface area contributed by atoms with Crippen molar-refractivity contribution in [2.75, 3.05) is 0 Å². The summed E-state index contributed by atoms with van der Waals surface area (Å²) in [6, 6.07) is 0. The summed E-state index contributed by atoms with van der Waals surface area (Å²) in [5.74, 6) is 0. The Bertz CT molecular complexity index is 440. The average Bonchev–Trinajstić information content (AvgIpc) is 2.38. The molecule has 0 bridgehead atoms. The second-order valence-corrected chi connectivity index (χ2v) is 4.90. The van der Waals surface area contributed by atoms with Crippen molar-refractivity contribution in [2.45, 2.75) is 50.1 Å². The van der Waals surface area contributed by atoms with Crippen LogP contribution in [0.15, 0.2) is 0 Å². The molecule has 0 aromatic rings. The third-order valence-electron chi connectivity index (χ3n) is 3.24. The van der Waals surface area contributed by atoms with Gasteiger partial charge in [-0.25, -0.2) is 19.2 Å². The molecule has 0 amide bonds. The van der Waals surface area contributed by atoms with E-state index < -0.39 is 49.0 Å². The SMILES string of the molecule is O=C(O)OC1CC(OC(=O)O)C1.O=C(O)OC1CCC1OC(=O)O. The first-order valence-corrected chi connectivity index (χ1v) is 6.75. The first-order chi connectivity index (χ1) is 11.2. The number of rotatable bonds is 4. The maximum absolute atomic E-state index is 10.0. The number of hydrogen-bond donors (Lipinski definition) is 4. The molecule has 2 aliphatic rings. The Morgan fingerprint density at radius 1 is 0.583 bits per heavy atom. The third kappa shape index (κ3) is 6.89. The van der Waals surface area contributed by atoms with E-state index in [0.717, 1.165) is 0 Å². The number of carboxylic acid groups (broad SMARTS) is 4. The molecule has 2 saturated carbocycles. The highest BCUT2D eigenvalue weighted by Crippen LogP contribution is 2.27. The Balaban J connectivity index is 0.000000240. The topological polar surface area (TPSA) is 186 Å². The average molecular weight is 352 g/mol. The lowest BCUT2D eigenvalue weighted by atomic mass is 9.92. The van der Waals surface area contributed by atoms with Gasteiger partial charge in [0.05, 0.1) is 0 Å². The highest BCUT2D eigenvalue weighted by atomic mass is 16.7. The summed E-state index contributed by atoms with van der Waals surface area (Å²) in [5.41, 5.74) is 0. The lowest BCUT2D eigenvalue weighted by Crippen LogP contribution is -2.43. The molecule has 0 aromatic carbocycles. The molecule has 0 radical (unpaired) electrons. The first-order valence-electron chi connectivity index (χ1n) is 6.75. The molecule has 0 heterocycles. The van der Waals surface area contributed by atoms with Crippen LogP contribution in [-0.2, 0) is 18.9 Å². The molecular formula is C12H16O12. The Morgan fingerprint density at radius 3 is 1.08 bits per heavy atom. The summed E-state index contributed by atoms with van der Waals surface area (Å²) in [7, 11) is 0. The zero-order valence-electron chi connectivity index (χ0n) is 12.2. The van der Waals surface area contributed by atoms with Crippen LogP contribution in [-0.4, -0.2) is 69.5 Å². The van der Waals surface area contributed by atoms with Gasteiger partial charge in [0, 0.05) is 12.8 Å². The molecule has 0 saturated heterocycles. The van der Waals surface area contributed by atoms with Gasteiger partial charge in [-0.15, -0.1) is 0 Å². The molecule has 12 heteroatoms. The molecule has 2 aliphatic carbocycles. The van der Waals surface area contributed by atoms with Crippen LogP contribution in [0.5, 0.6) is 0 Å². The zero-order valence-corrected chi connectivity index (χ0v) is 12.2. The van der Waals surface area contributed by atoms with Crippen LogP contribution >= 0.6 is 0 Å². The molecule has 136 valence electrons. The smallest absolute Gasteiger partial charge is 0.450 e. The van der Waals surface area contributed by atoms with E-state index in [1.165, 1.54) is 0 Å². The number of carbonyl (C=O) groups is 4. The predicted molar refractivity (Wildman–Crippen MR) is 70.1 cm³/mol. The van der Waals surface area contributed by atoms with Gasteiger partial charge in [0.25, 0.3) is 0 Å². The van der Waals surface area contributed by atoms with Crippen LogP contribution in [0.1, 0.15) is 25.7 Å². The van der Waals surface area contributed by atoms with Gasteiger partial charge in [-0.1, -0.05) is 0 Å². The second kappa shape index (κ2) is 8.64. The minimum absolute atomic E-state index is 0.318. The van der Waals surface area contributed by atoms with Crippen molar-refractivity contribution < 1.29 is 58.6 Å². The quantitative estimate of drug-likeness (QED) is 0.425. The molecule has 2 rings (SSSR count). The molecule has 0 aromatic heterocycles. The van der Waals surface area contributed by atoms with Gasteiger partial charge in [0.1, 0.15) is 24.4 Å². The molecule has 2 fully saturated rings. The largest absolute Gasteiger partial charge is 0.506 e. The Hall–Kier alpha value is -2.92. The third-order valence-corrected chi connectivity index (χ3v) is 3.24. The number of hydrogen-bond acceptors (Lipinski definition) is 8. The van der Waals surface area contributed by atoms with Gasteiger partial charge in [0.2, 0.25) is 0 Å². The van der Waals surface area contributed by atoms with Gasteiger partial charge < -0.3 is 39.4 Å². The van der Waals surface area contributed by atoms with Gasteiger partial charge in [-0.05, 0) is 12.8 Å². The lowest BCUT2D eigenvalue weighted by molar-refractivity contribution is -0.0895. The van der Waals surface area contributed by atoms with Crippen LogP contribution in [0.3, 0.4) is 0 Å². The fourth-order valence-electron chi connectivity index (χ4n) is 1.96. The summed E-state index contributed by atoms with van der Waals surface area (Å²) < 4.78 is 17.3. The fourth-order valence-corrected chi connectivity index (χ4v) is 1.96. The highest BCUT2D eigenvalue weighted by molar-refractivity contribution is 5.59. The van der Waals surface area contributed by atoms with Crippen molar-refractivity contribution >= 4 is 24.6 Å². The van der Waals surface area contributed by atoms with Gasteiger partial charge in [-0.2, -0.15) is 0 Å². The summed E-state index contributed by atoms with van der Waals surface area (Å²) in [6.45, 7) is 0. The molecule has 0 spiro atoms. The van der Waals surface area contributed by atoms with E-state index in [2.05, 4.69) is 18.9 Å². The minimum atomic E-state index is -1.40. The van der Waals surface area contributed by atoms with E-state index in [4.69, 9.17) is 20.4 Å². The molecule has 24 heavy (non-hydrogen) atoms. The van der Waals surface area contributed by atoms with E-state index in [9.17, 15) is 19.2 Å². The lowest BCUT2D eigenvalue weighted by Gasteiger charge is -2.32. The first kappa shape index (κ1) is 19.1. The zero-order chi connectivity index (χ0) is 18.3. The van der Waals surface area contributed by atoms with Crippen molar-refractivity contribution in [1.82, 2.24) is 0 Å². The summed E-state index contributed by atoms with van der Waals surface area (Å²) in [4.78, 5) is 39.9. The van der Waals surface area contributed by atoms with Crippen molar-refractivity contribution in [3.8, 4) is 0 Å². The molecule has 4 N–H and O–H groups in total. The van der Waals surface area contributed by atoms with E-state index in [0.29, 0.717) is 25.7 Å². The van der Waals surface area contributed by atoms with E-state index >= 15 is 0 Å². The maximum atomic E-state index is 10.0. The summed E-state index contributed by atoms with van der Waals surface area (Å²) in [6.07, 6.45) is -5.89. The Labute approximate surface area is 134 Å². The standard InChI is InChI=1S/2C6H8O6/c7-5(8)11-3-1-4(2-3)12-6(9)10;7-5(8)11-3-1-2-4(3)12-6(9)10/h2*3-4H,1-2H2,(H,7,8)(H,9,10). The van der Waals surface area contributed by atoms with Crippen molar-refractivity contribution in [3.63, 3.8) is 0 Å². The minimum Gasteiger partial charge on any atom is -0.450 e. The van der Waals surface area contributed by atoms with Gasteiger partial charge in [-0.3, -0.25) is 0 Å². The normalized spacial score (nSPS) is 27.0. The van der Waals surface area contributed by atoms with Crippen LogP contribution in [0.4, 0.5) is 19.2 Å². The molecule has 0 aliphatic heterocycles. The fraction of sp³-hybridized carbons (Fsp3) is 0.667. The molecule has 2 unspecified atom stereocenters. The highest BCUT2D eigenvalue weighted by Gasteiger charge is 2.37. The Morgan fingerprint density at radius 2 is 0.875 bits per heavy atom. The van der Waals surface area contributed by atoms with Gasteiger partial charge >= 0.3 is 24.6 Å². The van der Waals surface area contributed by atoms with Crippen molar-refractivity contribution in [1.29, 1.82) is 0 Å². The second-order valence-electron chi connectivity index (χ2n) is 4.90. The van der Waals surface area contributed by atoms with E-state index in [1.807, 2.05) is 0 Å². The van der Waals surface area contributed by atoms with Crippen LogP contribution in [0, 0.1) is 0 Å². The van der Waals surface area contributed by atoms with Crippen LogP contribution in [0.2, 0.25) is 0 Å². The van der Waals surface area contributed by atoms with Crippen molar-refractivity contribution in [2.24, 2.45) is 0 Å².